The molecule has 1 fully saturated rings. The monoisotopic (exact) mass is 371 g/mol. The molecule has 0 bridgehead atoms. The van der Waals surface area contributed by atoms with E-state index in [2.05, 4.69) is 11.2 Å². The molecule has 7 nitrogen and oxygen atoms in total. The smallest absolute Gasteiger partial charge is 0.410 e. The normalized spacial score (nSPS) is 17.0. The maximum absolute atomic E-state index is 12.6. The van der Waals surface area contributed by atoms with Crippen molar-refractivity contribution in [1.29, 1.82) is 0 Å². The van der Waals surface area contributed by atoms with Crippen molar-refractivity contribution in [3.05, 3.63) is 35.9 Å². The van der Waals surface area contributed by atoms with Crippen LogP contribution in [0.5, 0.6) is 0 Å². The van der Waals surface area contributed by atoms with E-state index in [1.165, 1.54) is 4.90 Å². The van der Waals surface area contributed by atoms with Crippen LogP contribution in [0.3, 0.4) is 0 Å². The van der Waals surface area contributed by atoms with Crippen molar-refractivity contribution in [1.82, 2.24) is 10.2 Å². The summed E-state index contributed by atoms with van der Waals surface area (Å²) in [6.07, 6.45) is 7.32. The van der Waals surface area contributed by atoms with Crippen molar-refractivity contribution in [2.24, 2.45) is 5.73 Å². The summed E-state index contributed by atoms with van der Waals surface area (Å²) < 4.78 is 5.32. The molecule has 1 aromatic rings. The molecular formula is C20H25N3O4. The van der Waals surface area contributed by atoms with E-state index in [-0.39, 0.29) is 6.61 Å². The molecule has 7 heteroatoms. The zero-order valence-electron chi connectivity index (χ0n) is 15.2. The molecule has 1 aromatic carbocycles. The van der Waals surface area contributed by atoms with E-state index >= 15 is 0 Å². The minimum Gasteiger partial charge on any atom is -0.445 e. The largest absolute Gasteiger partial charge is 0.445 e. The summed E-state index contributed by atoms with van der Waals surface area (Å²) in [6, 6.07) is 7.85. The minimum absolute atomic E-state index is 0.139. The highest BCUT2D eigenvalue weighted by molar-refractivity contribution is 5.91. The van der Waals surface area contributed by atoms with Gasteiger partial charge in [0, 0.05) is 13.0 Å². The Bertz CT molecular complexity index is 699. The predicted octanol–water partition coefficient (Wildman–Crippen LogP) is 1.56. The third-order valence-electron chi connectivity index (χ3n) is 4.47. The third kappa shape index (κ3) is 6.03. The molecule has 3 amide bonds. The Balaban J connectivity index is 1.91. The second-order valence-electron chi connectivity index (χ2n) is 6.45. The highest BCUT2D eigenvalue weighted by Crippen LogP contribution is 2.19. The quantitative estimate of drug-likeness (QED) is 0.535. The van der Waals surface area contributed by atoms with Crippen LogP contribution in [-0.2, 0) is 20.9 Å². The van der Waals surface area contributed by atoms with Gasteiger partial charge in [0.2, 0.25) is 11.8 Å². The average molecular weight is 371 g/mol. The van der Waals surface area contributed by atoms with Crippen LogP contribution in [0.15, 0.2) is 30.3 Å². The summed E-state index contributed by atoms with van der Waals surface area (Å²) in [7, 11) is 0. The van der Waals surface area contributed by atoms with Crippen molar-refractivity contribution < 1.29 is 19.1 Å². The lowest BCUT2D eigenvalue weighted by molar-refractivity contribution is -0.130. The number of amides is 3. The van der Waals surface area contributed by atoms with E-state index in [9.17, 15) is 14.4 Å². The van der Waals surface area contributed by atoms with E-state index in [0.29, 0.717) is 38.6 Å². The van der Waals surface area contributed by atoms with Crippen LogP contribution in [0.1, 0.15) is 37.7 Å². The Labute approximate surface area is 159 Å². The molecule has 3 N–H and O–H groups in total. The van der Waals surface area contributed by atoms with Crippen molar-refractivity contribution in [3.63, 3.8) is 0 Å². The molecule has 2 rings (SSSR count). The van der Waals surface area contributed by atoms with Gasteiger partial charge in [0.25, 0.3) is 0 Å². The molecule has 0 radical (unpaired) electrons. The van der Waals surface area contributed by atoms with E-state index in [1.54, 1.807) is 0 Å². The highest BCUT2D eigenvalue weighted by Gasteiger charge is 2.36. The standard InChI is InChI=1S/C20H25N3O4/c1-2-3-5-11-16(18(21)24)22-19(25)17-12-8-13-23(17)20(26)27-14-15-9-6-4-7-10-15/h1,4,6-7,9-10,16-17H,3,5,8,11-14H2,(H2,21,24)(H,22,25)/t16-,17-/m1/s1. The molecule has 0 aliphatic carbocycles. The Kier molecular flexibility index (Phi) is 7.68. The SMILES string of the molecule is C#CCCC[C@@H](NC(=O)[C@H]1CCCN1C(=O)OCc1ccccc1)C(N)=O. The van der Waals surface area contributed by atoms with Gasteiger partial charge in [-0.25, -0.2) is 4.79 Å². The molecular weight excluding hydrogens is 346 g/mol. The number of unbranched alkanes of at least 4 members (excludes halogenated alkanes) is 1. The van der Waals surface area contributed by atoms with Crippen LogP contribution in [-0.4, -0.2) is 41.4 Å². The van der Waals surface area contributed by atoms with Crippen molar-refractivity contribution in [2.45, 2.75) is 50.8 Å². The van der Waals surface area contributed by atoms with Gasteiger partial charge in [-0.15, -0.1) is 12.3 Å². The predicted molar refractivity (Wildman–Crippen MR) is 100 cm³/mol. The van der Waals surface area contributed by atoms with Crippen molar-refractivity contribution in [3.8, 4) is 12.3 Å². The van der Waals surface area contributed by atoms with Crippen molar-refractivity contribution >= 4 is 17.9 Å². The Morgan fingerprint density at radius 2 is 2.07 bits per heavy atom. The van der Waals surface area contributed by atoms with Gasteiger partial charge in [-0.3, -0.25) is 14.5 Å². The van der Waals surface area contributed by atoms with Gasteiger partial charge in [0.05, 0.1) is 0 Å². The number of hydrogen-bond acceptors (Lipinski definition) is 4. The molecule has 0 unspecified atom stereocenters. The molecule has 1 aliphatic rings. The van der Waals surface area contributed by atoms with Crippen LogP contribution >= 0.6 is 0 Å². The number of nitrogens with zero attached hydrogens (tertiary/aromatic N) is 1. The molecule has 27 heavy (non-hydrogen) atoms. The Morgan fingerprint density at radius 3 is 2.74 bits per heavy atom. The Hall–Kier alpha value is -3.01. The second kappa shape index (κ2) is 10.2. The topological polar surface area (TPSA) is 102 Å². The molecule has 0 aromatic heterocycles. The molecule has 0 saturated carbocycles. The fourth-order valence-electron chi connectivity index (χ4n) is 3.02. The molecule has 144 valence electrons. The van der Waals surface area contributed by atoms with Crippen LogP contribution in [0.4, 0.5) is 4.79 Å². The number of carbonyl (C=O) groups is 3. The third-order valence-corrected chi connectivity index (χ3v) is 4.47. The summed E-state index contributed by atoms with van der Waals surface area (Å²) in [5, 5.41) is 2.64. The van der Waals surface area contributed by atoms with E-state index < -0.39 is 30.0 Å². The second-order valence-corrected chi connectivity index (χ2v) is 6.45. The summed E-state index contributed by atoms with van der Waals surface area (Å²) in [5.74, 6) is 1.48. The lowest BCUT2D eigenvalue weighted by atomic mass is 10.1. The molecule has 1 heterocycles. The minimum atomic E-state index is -0.798. The van der Waals surface area contributed by atoms with Gasteiger partial charge in [-0.05, 0) is 31.2 Å². The van der Waals surface area contributed by atoms with Crippen LogP contribution < -0.4 is 11.1 Å². The summed E-state index contributed by atoms with van der Waals surface area (Å²) in [6.45, 7) is 0.574. The zero-order chi connectivity index (χ0) is 19.6. The number of hydrogen-bond donors (Lipinski definition) is 2. The first-order chi connectivity index (χ1) is 13.0. The zero-order valence-corrected chi connectivity index (χ0v) is 15.2. The number of terminal acetylenes is 1. The number of carbonyl (C=O) groups excluding carboxylic acids is 3. The first kappa shape index (κ1) is 20.3. The lowest BCUT2D eigenvalue weighted by Gasteiger charge is -2.25. The van der Waals surface area contributed by atoms with Gasteiger partial charge in [-0.2, -0.15) is 0 Å². The van der Waals surface area contributed by atoms with Crippen LogP contribution in [0.2, 0.25) is 0 Å². The number of nitrogens with two attached hydrogens (primary N) is 1. The number of ether oxygens (including phenoxy) is 1. The number of rotatable bonds is 8. The van der Waals surface area contributed by atoms with Crippen molar-refractivity contribution in [2.75, 3.05) is 6.54 Å². The summed E-state index contributed by atoms with van der Waals surface area (Å²) in [5.41, 5.74) is 6.23. The van der Waals surface area contributed by atoms with E-state index in [0.717, 1.165) is 5.56 Å². The first-order valence-electron chi connectivity index (χ1n) is 9.03. The summed E-state index contributed by atoms with van der Waals surface area (Å²) >= 11 is 0. The Morgan fingerprint density at radius 1 is 1.33 bits per heavy atom. The number of primary amides is 1. The molecule has 1 saturated heterocycles. The maximum atomic E-state index is 12.6. The average Bonchev–Trinajstić information content (AvgIpc) is 3.16. The fourth-order valence-corrected chi connectivity index (χ4v) is 3.02. The van der Waals surface area contributed by atoms with Gasteiger partial charge < -0.3 is 15.8 Å². The first-order valence-corrected chi connectivity index (χ1v) is 9.03. The van der Waals surface area contributed by atoms with Gasteiger partial charge in [0.15, 0.2) is 0 Å². The van der Waals surface area contributed by atoms with Gasteiger partial charge in [-0.1, -0.05) is 30.3 Å². The van der Waals surface area contributed by atoms with E-state index in [1.807, 2.05) is 30.3 Å². The van der Waals surface area contributed by atoms with Crippen LogP contribution in [0, 0.1) is 12.3 Å². The lowest BCUT2D eigenvalue weighted by Crippen LogP contribution is -2.52. The fraction of sp³-hybridized carbons (Fsp3) is 0.450. The molecule has 2 atom stereocenters. The number of nitrogens with one attached hydrogen (secondary N) is 1. The molecule has 0 spiro atoms. The maximum Gasteiger partial charge on any atom is 0.410 e. The molecule has 1 aliphatic heterocycles. The number of likely N-dealkylation sites (tertiary alicyclic amines) is 1. The summed E-state index contributed by atoms with van der Waals surface area (Å²) in [4.78, 5) is 37.9. The number of benzene rings is 1. The van der Waals surface area contributed by atoms with E-state index in [4.69, 9.17) is 16.9 Å². The highest BCUT2D eigenvalue weighted by atomic mass is 16.6. The van der Waals surface area contributed by atoms with Gasteiger partial charge in [0.1, 0.15) is 18.7 Å². The van der Waals surface area contributed by atoms with Gasteiger partial charge >= 0.3 is 6.09 Å². The van der Waals surface area contributed by atoms with Crippen LogP contribution in [0.25, 0.3) is 0 Å².